The van der Waals surface area contributed by atoms with E-state index in [0.29, 0.717) is 0 Å². The molecule has 0 heterocycles. The summed E-state index contributed by atoms with van der Waals surface area (Å²) in [6.45, 7) is 0.914. The first-order valence-corrected chi connectivity index (χ1v) is 8.18. The van der Waals surface area contributed by atoms with E-state index in [1.54, 1.807) is 6.92 Å². The van der Waals surface area contributed by atoms with E-state index in [2.05, 4.69) is 0 Å². The van der Waals surface area contributed by atoms with E-state index in [4.69, 9.17) is 9.47 Å². The number of rotatable bonds is 7. The lowest BCUT2D eigenvalue weighted by Gasteiger charge is -2.13. The van der Waals surface area contributed by atoms with E-state index >= 15 is 0 Å². The molecule has 1 N–H and O–H groups in total. The molecule has 2 rings (SSSR count). The van der Waals surface area contributed by atoms with Crippen molar-refractivity contribution in [2.45, 2.75) is 13.1 Å². The number of nitrogens with zero attached hydrogens (tertiary/aromatic N) is 1. The standard InChI is InChI=1S/C18H15F3N2O6/c1-2-28-15-8-7-11(9-14(15)23(26)27)17(25)29-10-16(24)22-13-6-4-3-5-12(13)18(19,20)21/h3-9H,2,10H2,1H3,(H,22,24). The maximum atomic E-state index is 12.9. The van der Waals surface area contributed by atoms with Gasteiger partial charge in [-0.1, -0.05) is 12.1 Å². The van der Waals surface area contributed by atoms with Crippen LogP contribution in [0, 0.1) is 10.1 Å². The van der Waals surface area contributed by atoms with E-state index < -0.39 is 46.5 Å². The van der Waals surface area contributed by atoms with Crippen molar-refractivity contribution in [3.05, 3.63) is 63.7 Å². The lowest BCUT2D eigenvalue weighted by atomic mass is 10.1. The average molecular weight is 412 g/mol. The van der Waals surface area contributed by atoms with Gasteiger partial charge >= 0.3 is 17.8 Å². The number of benzene rings is 2. The van der Waals surface area contributed by atoms with Crippen LogP contribution in [0.3, 0.4) is 0 Å². The summed E-state index contributed by atoms with van der Waals surface area (Å²) < 4.78 is 48.6. The van der Waals surface area contributed by atoms with Crippen LogP contribution in [0.5, 0.6) is 5.75 Å². The molecule has 2 aromatic rings. The number of ether oxygens (including phenoxy) is 2. The quantitative estimate of drug-likeness (QED) is 0.421. The highest BCUT2D eigenvalue weighted by Gasteiger charge is 2.33. The molecule has 8 nitrogen and oxygen atoms in total. The highest BCUT2D eigenvalue weighted by Crippen LogP contribution is 2.34. The number of carbonyl (C=O) groups excluding carboxylic acids is 2. The van der Waals surface area contributed by atoms with Crippen LogP contribution in [0.25, 0.3) is 0 Å². The van der Waals surface area contributed by atoms with Crippen molar-refractivity contribution < 1.29 is 37.2 Å². The Morgan fingerprint density at radius 2 is 1.86 bits per heavy atom. The molecule has 1 amide bonds. The second-order valence-corrected chi connectivity index (χ2v) is 5.54. The average Bonchev–Trinajstić information content (AvgIpc) is 2.66. The summed E-state index contributed by atoms with van der Waals surface area (Å²) >= 11 is 0. The molecule has 0 aliphatic carbocycles. The first kappa shape index (κ1) is 21.7. The Morgan fingerprint density at radius 3 is 2.48 bits per heavy atom. The first-order valence-electron chi connectivity index (χ1n) is 8.18. The summed E-state index contributed by atoms with van der Waals surface area (Å²) in [6.07, 6.45) is -4.68. The summed E-state index contributed by atoms with van der Waals surface area (Å²) in [7, 11) is 0. The minimum absolute atomic E-state index is 0.0458. The fourth-order valence-corrected chi connectivity index (χ4v) is 2.30. The Kier molecular flexibility index (Phi) is 6.75. The van der Waals surface area contributed by atoms with E-state index in [0.717, 1.165) is 24.3 Å². The number of hydrogen-bond donors (Lipinski definition) is 1. The van der Waals surface area contributed by atoms with Gasteiger partial charge < -0.3 is 14.8 Å². The van der Waals surface area contributed by atoms with E-state index in [1.165, 1.54) is 18.2 Å². The Hall–Kier alpha value is -3.63. The van der Waals surface area contributed by atoms with Crippen LogP contribution >= 0.6 is 0 Å². The zero-order valence-corrected chi connectivity index (χ0v) is 15.0. The molecule has 29 heavy (non-hydrogen) atoms. The molecule has 0 aliphatic rings. The molecule has 0 spiro atoms. The molecule has 0 aliphatic heterocycles. The van der Waals surface area contributed by atoms with Crippen LogP contribution in [0.4, 0.5) is 24.5 Å². The maximum Gasteiger partial charge on any atom is 0.418 e. The van der Waals surface area contributed by atoms with Gasteiger partial charge in [0.2, 0.25) is 0 Å². The summed E-state index contributed by atoms with van der Waals surface area (Å²) in [5.41, 5.74) is -2.23. The molecule has 0 bridgehead atoms. The topological polar surface area (TPSA) is 108 Å². The second kappa shape index (κ2) is 9.04. The van der Waals surface area contributed by atoms with Crippen molar-refractivity contribution >= 4 is 23.3 Å². The number of anilines is 1. The van der Waals surface area contributed by atoms with Gasteiger partial charge in [-0.25, -0.2) is 4.79 Å². The van der Waals surface area contributed by atoms with Gasteiger partial charge in [0.15, 0.2) is 12.4 Å². The monoisotopic (exact) mass is 412 g/mol. The van der Waals surface area contributed by atoms with Gasteiger partial charge in [0, 0.05) is 6.07 Å². The molecular formula is C18H15F3N2O6. The summed E-state index contributed by atoms with van der Waals surface area (Å²) in [5, 5.41) is 13.1. The number of carbonyl (C=O) groups is 2. The molecule has 0 radical (unpaired) electrons. The minimum Gasteiger partial charge on any atom is -0.487 e. The predicted molar refractivity (Wildman–Crippen MR) is 94.6 cm³/mol. The molecular weight excluding hydrogens is 397 g/mol. The van der Waals surface area contributed by atoms with Crippen molar-refractivity contribution in [2.75, 3.05) is 18.5 Å². The van der Waals surface area contributed by atoms with E-state index in [9.17, 15) is 32.9 Å². The van der Waals surface area contributed by atoms with Gasteiger partial charge in [-0.3, -0.25) is 14.9 Å². The number of alkyl halides is 3. The molecule has 0 unspecified atom stereocenters. The Bertz CT molecular complexity index is 930. The smallest absolute Gasteiger partial charge is 0.418 e. The second-order valence-electron chi connectivity index (χ2n) is 5.54. The number of nitro groups is 1. The number of halogens is 3. The van der Waals surface area contributed by atoms with Gasteiger partial charge in [-0.2, -0.15) is 13.2 Å². The lowest BCUT2D eigenvalue weighted by Crippen LogP contribution is -2.22. The van der Waals surface area contributed by atoms with Crippen LogP contribution in [0.1, 0.15) is 22.8 Å². The van der Waals surface area contributed by atoms with Crippen LogP contribution in [-0.2, 0) is 15.7 Å². The number of esters is 1. The van der Waals surface area contributed by atoms with Crippen LogP contribution in [-0.4, -0.2) is 30.0 Å². The van der Waals surface area contributed by atoms with Gasteiger partial charge in [0.25, 0.3) is 5.91 Å². The third-order valence-corrected chi connectivity index (χ3v) is 3.53. The third kappa shape index (κ3) is 5.67. The van der Waals surface area contributed by atoms with Crippen molar-refractivity contribution in [2.24, 2.45) is 0 Å². The molecule has 11 heteroatoms. The zero-order chi connectivity index (χ0) is 21.6. The van der Waals surface area contributed by atoms with Crippen molar-refractivity contribution in [1.82, 2.24) is 0 Å². The maximum absolute atomic E-state index is 12.9. The zero-order valence-electron chi connectivity index (χ0n) is 15.0. The largest absolute Gasteiger partial charge is 0.487 e. The van der Waals surface area contributed by atoms with Crippen LogP contribution in [0.15, 0.2) is 42.5 Å². The third-order valence-electron chi connectivity index (χ3n) is 3.53. The predicted octanol–water partition coefficient (Wildman–Crippen LogP) is 3.81. The SMILES string of the molecule is CCOc1ccc(C(=O)OCC(=O)Nc2ccccc2C(F)(F)F)cc1[N+](=O)[O-]. The Balaban J connectivity index is 2.05. The molecule has 0 fully saturated rings. The Morgan fingerprint density at radius 1 is 1.17 bits per heavy atom. The minimum atomic E-state index is -4.68. The van der Waals surface area contributed by atoms with E-state index in [-0.39, 0.29) is 17.9 Å². The number of nitro benzene ring substituents is 1. The van der Waals surface area contributed by atoms with Crippen molar-refractivity contribution in [1.29, 1.82) is 0 Å². The van der Waals surface area contributed by atoms with Gasteiger partial charge in [-0.15, -0.1) is 0 Å². The highest BCUT2D eigenvalue weighted by atomic mass is 19.4. The van der Waals surface area contributed by atoms with Gasteiger partial charge in [0.1, 0.15) is 0 Å². The van der Waals surface area contributed by atoms with Crippen molar-refractivity contribution in [3.8, 4) is 5.75 Å². The number of hydrogen-bond acceptors (Lipinski definition) is 6. The first-order chi connectivity index (χ1) is 13.6. The van der Waals surface area contributed by atoms with E-state index in [1.807, 2.05) is 5.32 Å². The van der Waals surface area contributed by atoms with Gasteiger partial charge in [0.05, 0.1) is 28.3 Å². The molecule has 2 aromatic carbocycles. The molecule has 0 aromatic heterocycles. The van der Waals surface area contributed by atoms with Crippen LogP contribution < -0.4 is 10.1 Å². The summed E-state index contributed by atoms with van der Waals surface area (Å²) in [4.78, 5) is 34.2. The number of nitrogens with one attached hydrogen (secondary N) is 1. The Labute approximate surface area is 162 Å². The molecule has 0 atom stereocenters. The fourth-order valence-electron chi connectivity index (χ4n) is 2.30. The molecule has 0 saturated carbocycles. The summed E-state index contributed by atoms with van der Waals surface area (Å²) in [5.74, 6) is -2.11. The van der Waals surface area contributed by atoms with Gasteiger partial charge in [-0.05, 0) is 31.2 Å². The fraction of sp³-hybridized carbons (Fsp3) is 0.222. The van der Waals surface area contributed by atoms with Crippen LogP contribution in [0.2, 0.25) is 0 Å². The van der Waals surface area contributed by atoms with Crippen molar-refractivity contribution in [3.63, 3.8) is 0 Å². The normalized spacial score (nSPS) is 10.9. The molecule has 154 valence electrons. The molecule has 0 saturated heterocycles. The highest BCUT2D eigenvalue weighted by molar-refractivity contribution is 5.96. The summed E-state index contributed by atoms with van der Waals surface area (Å²) in [6, 6.07) is 7.64. The number of amides is 1. The lowest BCUT2D eigenvalue weighted by molar-refractivity contribution is -0.385. The number of para-hydroxylation sites is 1.